The van der Waals surface area contributed by atoms with Gasteiger partial charge in [0.1, 0.15) is 0 Å². The molecule has 9 aromatic carbocycles. The van der Waals surface area contributed by atoms with E-state index in [2.05, 4.69) is 231 Å². The average molecular weight is 752 g/mol. The fourth-order valence-corrected chi connectivity index (χ4v) is 10.9. The van der Waals surface area contributed by atoms with Gasteiger partial charge in [-0.3, -0.25) is 0 Å². The van der Waals surface area contributed by atoms with Crippen molar-refractivity contribution in [3.05, 3.63) is 246 Å². The minimum Gasteiger partial charge on any atom is -0.310 e. The lowest BCUT2D eigenvalue weighted by molar-refractivity contribution is 0.660. The normalized spacial score (nSPS) is 14.2. The molecule has 278 valence electrons. The largest absolute Gasteiger partial charge is 0.310 e. The molecule has 0 radical (unpaired) electrons. The molecule has 9 aromatic rings. The third-order valence-corrected chi connectivity index (χ3v) is 13.5. The summed E-state index contributed by atoms with van der Waals surface area (Å²) in [7, 11) is 0. The molecule has 0 atom stereocenters. The van der Waals surface area contributed by atoms with Crippen LogP contribution >= 0.6 is 0 Å². The quantitative estimate of drug-likeness (QED) is 0.169. The molecule has 0 amide bonds. The number of hydrogen-bond acceptors (Lipinski definition) is 1. The first-order valence-corrected chi connectivity index (χ1v) is 20.8. The number of benzene rings is 9. The number of nitrogens with zero attached hydrogens (tertiary/aromatic N) is 1. The van der Waals surface area contributed by atoms with E-state index in [0.717, 1.165) is 11.4 Å². The Hall–Kier alpha value is -7.22. The van der Waals surface area contributed by atoms with Crippen molar-refractivity contribution < 1.29 is 0 Å². The lowest BCUT2D eigenvalue weighted by Gasteiger charge is -2.32. The highest BCUT2D eigenvalue weighted by molar-refractivity contribution is 6.02. The summed E-state index contributed by atoms with van der Waals surface area (Å²) in [4.78, 5) is 2.54. The Bertz CT molecular complexity index is 3070. The molecule has 0 aromatic heterocycles. The van der Waals surface area contributed by atoms with Crippen LogP contribution in [0.5, 0.6) is 0 Å². The van der Waals surface area contributed by atoms with Gasteiger partial charge in [0.15, 0.2) is 0 Å². The molecule has 59 heavy (non-hydrogen) atoms. The zero-order valence-corrected chi connectivity index (χ0v) is 33.2. The van der Waals surface area contributed by atoms with E-state index in [0.29, 0.717) is 0 Å². The summed E-state index contributed by atoms with van der Waals surface area (Å²) < 4.78 is 0. The van der Waals surface area contributed by atoms with Crippen LogP contribution in [0.3, 0.4) is 0 Å². The van der Waals surface area contributed by atoms with E-state index in [1.807, 2.05) is 0 Å². The molecule has 3 aliphatic rings. The monoisotopic (exact) mass is 751 g/mol. The summed E-state index contributed by atoms with van der Waals surface area (Å²) in [6, 6.07) is 79.2. The molecule has 1 nitrogen and oxygen atoms in total. The number of anilines is 3. The molecule has 0 aliphatic heterocycles. The predicted octanol–water partition coefficient (Wildman–Crippen LogP) is 15.1. The van der Waals surface area contributed by atoms with Gasteiger partial charge in [-0.15, -0.1) is 0 Å². The SMILES string of the molecule is CC1(C)c2ccccc2-c2c(-c3ccccc3)cc(N(c3ccc(-c4ccccc4)cc3)c3cccc4c3-c3ccccc3C43c4ccccc4-c4ccccc43)cc21. The highest BCUT2D eigenvalue weighted by Crippen LogP contribution is 2.65. The molecule has 0 saturated heterocycles. The third-order valence-electron chi connectivity index (χ3n) is 13.5. The van der Waals surface area contributed by atoms with Gasteiger partial charge >= 0.3 is 0 Å². The molecule has 0 fully saturated rings. The summed E-state index contributed by atoms with van der Waals surface area (Å²) in [5, 5.41) is 0. The van der Waals surface area contributed by atoms with Gasteiger partial charge < -0.3 is 4.90 Å². The second-order valence-electron chi connectivity index (χ2n) is 16.8. The van der Waals surface area contributed by atoms with Crippen LogP contribution in [-0.4, -0.2) is 0 Å². The van der Waals surface area contributed by atoms with E-state index in [-0.39, 0.29) is 5.41 Å². The first-order valence-electron chi connectivity index (χ1n) is 20.8. The van der Waals surface area contributed by atoms with Gasteiger partial charge in [0.2, 0.25) is 0 Å². The lowest BCUT2D eigenvalue weighted by Crippen LogP contribution is -2.26. The molecule has 0 saturated carbocycles. The van der Waals surface area contributed by atoms with E-state index in [1.165, 1.54) is 94.7 Å². The van der Waals surface area contributed by atoms with E-state index in [1.54, 1.807) is 0 Å². The summed E-state index contributed by atoms with van der Waals surface area (Å²) in [5.74, 6) is 0. The summed E-state index contributed by atoms with van der Waals surface area (Å²) in [6.45, 7) is 4.79. The van der Waals surface area contributed by atoms with Crippen LogP contribution in [0, 0.1) is 0 Å². The standard InChI is InChI=1S/C58H41N/c1-57(2)48-26-13-11-24-45(48)55-47(40-20-7-4-8-21-40)36-42(37-53(55)57)59(41-34-32-39(33-35-41)38-18-5-3-6-19-38)54-31-17-30-52-56(54)46-25-12-16-29-51(46)58(52)49-27-14-9-22-43(49)44-23-10-15-28-50(44)58/h3-37H,1-2H3. The molecule has 1 spiro atoms. The Morgan fingerprint density at radius 3 is 1.41 bits per heavy atom. The highest BCUT2D eigenvalue weighted by atomic mass is 15.1. The van der Waals surface area contributed by atoms with Crippen molar-refractivity contribution in [1.29, 1.82) is 0 Å². The van der Waals surface area contributed by atoms with Gasteiger partial charge in [0, 0.05) is 22.4 Å². The van der Waals surface area contributed by atoms with Crippen molar-refractivity contribution in [3.8, 4) is 55.6 Å². The van der Waals surface area contributed by atoms with Gasteiger partial charge in [-0.1, -0.05) is 196 Å². The van der Waals surface area contributed by atoms with Crippen molar-refractivity contribution in [2.24, 2.45) is 0 Å². The number of fused-ring (bicyclic) bond motifs is 13. The van der Waals surface area contributed by atoms with E-state index in [4.69, 9.17) is 0 Å². The maximum absolute atomic E-state index is 2.54. The molecule has 0 N–H and O–H groups in total. The van der Waals surface area contributed by atoms with Crippen molar-refractivity contribution in [2.75, 3.05) is 4.90 Å². The minimum absolute atomic E-state index is 0.194. The van der Waals surface area contributed by atoms with Crippen LogP contribution in [0.1, 0.15) is 47.2 Å². The minimum atomic E-state index is -0.436. The summed E-state index contributed by atoms with van der Waals surface area (Å²) in [6.07, 6.45) is 0. The van der Waals surface area contributed by atoms with E-state index >= 15 is 0 Å². The van der Waals surface area contributed by atoms with Crippen LogP contribution in [0.25, 0.3) is 55.6 Å². The summed E-state index contributed by atoms with van der Waals surface area (Å²) in [5.41, 5.74) is 23.7. The smallest absolute Gasteiger partial charge is 0.0726 e. The van der Waals surface area contributed by atoms with Gasteiger partial charge in [-0.05, 0) is 114 Å². The highest BCUT2D eigenvalue weighted by Gasteiger charge is 2.52. The molecular formula is C58H41N. The van der Waals surface area contributed by atoms with E-state index in [9.17, 15) is 0 Å². The van der Waals surface area contributed by atoms with Gasteiger partial charge in [0.05, 0.1) is 11.1 Å². The molecule has 12 rings (SSSR count). The Balaban J connectivity index is 1.17. The Morgan fingerprint density at radius 1 is 0.305 bits per heavy atom. The van der Waals surface area contributed by atoms with Gasteiger partial charge in [0.25, 0.3) is 0 Å². The molecule has 3 aliphatic carbocycles. The molecule has 0 bridgehead atoms. The average Bonchev–Trinajstić information content (AvgIpc) is 3.86. The maximum Gasteiger partial charge on any atom is 0.0726 e. The van der Waals surface area contributed by atoms with Crippen LogP contribution in [0.15, 0.2) is 212 Å². The maximum atomic E-state index is 2.54. The molecular weight excluding hydrogens is 711 g/mol. The first kappa shape index (κ1) is 33.9. The Morgan fingerprint density at radius 2 is 0.780 bits per heavy atom. The van der Waals surface area contributed by atoms with Crippen LogP contribution in [0.2, 0.25) is 0 Å². The number of rotatable bonds is 5. The zero-order chi connectivity index (χ0) is 39.3. The Labute approximate surface area is 346 Å². The lowest BCUT2D eigenvalue weighted by atomic mass is 9.70. The van der Waals surface area contributed by atoms with E-state index < -0.39 is 5.41 Å². The third kappa shape index (κ3) is 4.67. The van der Waals surface area contributed by atoms with Crippen molar-refractivity contribution in [1.82, 2.24) is 0 Å². The summed E-state index contributed by atoms with van der Waals surface area (Å²) >= 11 is 0. The second-order valence-corrected chi connectivity index (χ2v) is 16.8. The molecule has 1 heteroatoms. The fraction of sp³-hybridized carbons (Fsp3) is 0.0690. The molecule has 0 unspecified atom stereocenters. The van der Waals surface area contributed by atoms with Gasteiger partial charge in [-0.2, -0.15) is 0 Å². The van der Waals surface area contributed by atoms with Crippen LogP contribution < -0.4 is 4.90 Å². The second kappa shape index (κ2) is 12.6. The number of hydrogen-bond donors (Lipinski definition) is 0. The topological polar surface area (TPSA) is 3.24 Å². The zero-order valence-electron chi connectivity index (χ0n) is 33.2. The van der Waals surface area contributed by atoms with Crippen LogP contribution in [0.4, 0.5) is 17.1 Å². The predicted molar refractivity (Wildman–Crippen MR) is 246 cm³/mol. The Kier molecular flexibility index (Phi) is 7.26. The van der Waals surface area contributed by atoms with Crippen LogP contribution in [-0.2, 0) is 10.8 Å². The van der Waals surface area contributed by atoms with Crippen molar-refractivity contribution >= 4 is 17.1 Å². The fourth-order valence-electron chi connectivity index (χ4n) is 10.9. The van der Waals surface area contributed by atoms with Crippen molar-refractivity contribution in [3.63, 3.8) is 0 Å². The van der Waals surface area contributed by atoms with Gasteiger partial charge in [-0.25, -0.2) is 0 Å². The molecule has 0 heterocycles. The first-order chi connectivity index (χ1) is 29.0. The van der Waals surface area contributed by atoms with Crippen molar-refractivity contribution in [2.45, 2.75) is 24.7 Å².